The molecule has 2 rings (SSSR count). The standard InChI is InChI=1S/C17H25NO3S/c1-3-13-21-14-16-9-11-18(12-10-16)22(19,20)17-7-5-15(4-2)6-8-17/h3,5-8,16H,1,4,9-14H2,2H3. The number of hydrogen-bond donors (Lipinski definition) is 0. The van der Waals surface area contributed by atoms with Crippen LogP contribution in [0.3, 0.4) is 0 Å². The van der Waals surface area contributed by atoms with Gasteiger partial charge in [0, 0.05) is 19.7 Å². The number of aryl methyl sites for hydroxylation is 1. The lowest BCUT2D eigenvalue weighted by Crippen LogP contribution is -2.39. The molecule has 0 spiro atoms. The molecule has 0 saturated carbocycles. The van der Waals surface area contributed by atoms with Crippen molar-refractivity contribution in [3.63, 3.8) is 0 Å². The second kappa shape index (κ2) is 7.90. The van der Waals surface area contributed by atoms with Gasteiger partial charge in [-0.1, -0.05) is 25.1 Å². The number of rotatable bonds is 7. The molecule has 4 nitrogen and oxygen atoms in total. The molecule has 0 amide bonds. The fourth-order valence-electron chi connectivity index (χ4n) is 2.68. The van der Waals surface area contributed by atoms with E-state index in [0.717, 1.165) is 24.8 Å². The second-order valence-electron chi connectivity index (χ2n) is 5.67. The lowest BCUT2D eigenvalue weighted by atomic mass is 9.99. The van der Waals surface area contributed by atoms with Gasteiger partial charge in [0.1, 0.15) is 0 Å². The van der Waals surface area contributed by atoms with Gasteiger partial charge in [-0.05, 0) is 42.9 Å². The summed E-state index contributed by atoms with van der Waals surface area (Å²) in [4.78, 5) is 0.394. The Balaban J connectivity index is 1.95. The van der Waals surface area contributed by atoms with Crippen molar-refractivity contribution >= 4 is 10.0 Å². The highest BCUT2D eigenvalue weighted by molar-refractivity contribution is 7.89. The lowest BCUT2D eigenvalue weighted by molar-refractivity contribution is 0.0982. The van der Waals surface area contributed by atoms with E-state index in [4.69, 9.17) is 4.74 Å². The van der Waals surface area contributed by atoms with Crippen molar-refractivity contribution in [2.45, 2.75) is 31.1 Å². The Morgan fingerprint density at radius 2 is 1.91 bits per heavy atom. The van der Waals surface area contributed by atoms with E-state index >= 15 is 0 Å². The minimum atomic E-state index is -3.36. The van der Waals surface area contributed by atoms with Gasteiger partial charge in [-0.2, -0.15) is 4.31 Å². The van der Waals surface area contributed by atoms with Crippen LogP contribution in [0.15, 0.2) is 41.8 Å². The summed E-state index contributed by atoms with van der Waals surface area (Å²) < 4.78 is 32.3. The van der Waals surface area contributed by atoms with Crippen LogP contribution in [0.5, 0.6) is 0 Å². The highest BCUT2D eigenvalue weighted by atomic mass is 32.2. The Bertz CT molecular complexity index is 572. The maximum atomic E-state index is 12.6. The maximum Gasteiger partial charge on any atom is 0.243 e. The van der Waals surface area contributed by atoms with Crippen LogP contribution in [0.2, 0.25) is 0 Å². The average molecular weight is 323 g/mol. The molecule has 0 N–H and O–H groups in total. The van der Waals surface area contributed by atoms with Gasteiger partial charge in [0.05, 0.1) is 11.5 Å². The zero-order chi connectivity index (χ0) is 16.0. The molecule has 1 saturated heterocycles. The summed E-state index contributed by atoms with van der Waals surface area (Å²) in [5, 5.41) is 0. The summed E-state index contributed by atoms with van der Waals surface area (Å²) in [5.74, 6) is 0.439. The summed E-state index contributed by atoms with van der Waals surface area (Å²) in [6.07, 6.45) is 4.35. The molecule has 1 aliphatic rings. The van der Waals surface area contributed by atoms with E-state index in [1.54, 1.807) is 22.5 Å². The Morgan fingerprint density at radius 1 is 1.27 bits per heavy atom. The number of hydrogen-bond acceptors (Lipinski definition) is 3. The Kier molecular flexibility index (Phi) is 6.17. The second-order valence-corrected chi connectivity index (χ2v) is 7.61. The fourth-order valence-corrected chi connectivity index (χ4v) is 4.15. The molecule has 1 aliphatic heterocycles. The van der Waals surface area contributed by atoms with Crippen molar-refractivity contribution < 1.29 is 13.2 Å². The lowest BCUT2D eigenvalue weighted by Gasteiger charge is -2.31. The van der Waals surface area contributed by atoms with E-state index in [1.165, 1.54) is 0 Å². The largest absolute Gasteiger partial charge is 0.377 e. The third-order valence-electron chi connectivity index (χ3n) is 4.13. The van der Waals surface area contributed by atoms with Crippen LogP contribution >= 0.6 is 0 Å². The van der Waals surface area contributed by atoms with Crippen molar-refractivity contribution in [2.75, 3.05) is 26.3 Å². The third kappa shape index (κ3) is 4.18. The van der Waals surface area contributed by atoms with Crippen LogP contribution < -0.4 is 0 Å². The van der Waals surface area contributed by atoms with Gasteiger partial charge in [0.25, 0.3) is 0 Å². The zero-order valence-corrected chi connectivity index (χ0v) is 14.0. The van der Waals surface area contributed by atoms with Gasteiger partial charge in [0.15, 0.2) is 0 Å². The summed E-state index contributed by atoms with van der Waals surface area (Å²) in [6, 6.07) is 7.21. The van der Waals surface area contributed by atoms with Gasteiger partial charge in [0.2, 0.25) is 10.0 Å². The normalized spacial score (nSPS) is 17.5. The van der Waals surface area contributed by atoms with E-state index in [1.807, 2.05) is 12.1 Å². The van der Waals surface area contributed by atoms with Crippen LogP contribution in [0, 0.1) is 5.92 Å². The first-order valence-electron chi connectivity index (χ1n) is 7.85. The van der Waals surface area contributed by atoms with Gasteiger partial charge >= 0.3 is 0 Å². The topological polar surface area (TPSA) is 46.6 Å². The molecule has 1 fully saturated rings. The first-order chi connectivity index (χ1) is 10.6. The van der Waals surface area contributed by atoms with Gasteiger partial charge in [-0.25, -0.2) is 8.42 Å². The van der Waals surface area contributed by atoms with Gasteiger partial charge < -0.3 is 4.74 Å². The number of ether oxygens (including phenoxy) is 1. The van der Waals surface area contributed by atoms with Crippen LogP contribution in [0.25, 0.3) is 0 Å². The molecule has 0 unspecified atom stereocenters. The van der Waals surface area contributed by atoms with E-state index in [0.29, 0.717) is 37.1 Å². The quantitative estimate of drug-likeness (QED) is 0.572. The molecule has 0 bridgehead atoms. The van der Waals surface area contributed by atoms with Crippen LogP contribution in [0.4, 0.5) is 0 Å². The van der Waals surface area contributed by atoms with Crippen molar-refractivity contribution in [1.82, 2.24) is 4.31 Å². The van der Waals surface area contributed by atoms with E-state index in [-0.39, 0.29) is 0 Å². The number of benzene rings is 1. The number of nitrogens with zero attached hydrogens (tertiary/aromatic N) is 1. The summed E-state index contributed by atoms with van der Waals surface area (Å²) in [5.41, 5.74) is 1.15. The van der Waals surface area contributed by atoms with E-state index < -0.39 is 10.0 Å². The van der Waals surface area contributed by atoms with Crippen molar-refractivity contribution in [1.29, 1.82) is 0 Å². The molecule has 0 aromatic heterocycles. The predicted octanol–water partition coefficient (Wildman–Crippen LogP) is 2.85. The molecule has 0 atom stereocenters. The third-order valence-corrected chi connectivity index (χ3v) is 6.04. The average Bonchev–Trinajstić information content (AvgIpc) is 2.55. The first kappa shape index (κ1) is 17.2. The SMILES string of the molecule is C=CCOCC1CCN(S(=O)(=O)c2ccc(CC)cc2)CC1. The smallest absolute Gasteiger partial charge is 0.243 e. The first-order valence-corrected chi connectivity index (χ1v) is 9.29. The molecule has 0 radical (unpaired) electrons. The highest BCUT2D eigenvalue weighted by Gasteiger charge is 2.29. The number of sulfonamides is 1. The summed E-state index contributed by atoms with van der Waals surface area (Å²) in [7, 11) is -3.36. The fraction of sp³-hybridized carbons (Fsp3) is 0.529. The minimum absolute atomic E-state index is 0.394. The van der Waals surface area contributed by atoms with Crippen LogP contribution in [0.1, 0.15) is 25.3 Å². The summed E-state index contributed by atoms with van der Waals surface area (Å²) in [6.45, 7) is 8.06. The van der Waals surface area contributed by atoms with E-state index in [9.17, 15) is 8.42 Å². The van der Waals surface area contributed by atoms with Crippen LogP contribution in [-0.2, 0) is 21.2 Å². The van der Waals surface area contributed by atoms with Gasteiger partial charge in [-0.15, -0.1) is 6.58 Å². The minimum Gasteiger partial charge on any atom is -0.377 e. The molecule has 5 heteroatoms. The molecule has 122 valence electrons. The number of piperidine rings is 1. The Morgan fingerprint density at radius 3 is 2.45 bits per heavy atom. The van der Waals surface area contributed by atoms with Crippen molar-refractivity contribution in [3.8, 4) is 0 Å². The highest BCUT2D eigenvalue weighted by Crippen LogP contribution is 2.24. The maximum absolute atomic E-state index is 12.6. The summed E-state index contributed by atoms with van der Waals surface area (Å²) >= 11 is 0. The molecule has 1 aromatic carbocycles. The van der Waals surface area contributed by atoms with Crippen LogP contribution in [-0.4, -0.2) is 39.0 Å². The predicted molar refractivity (Wildman–Crippen MR) is 88.3 cm³/mol. The molecule has 0 aliphatic carbocycles. The van der Waals surface area contributed by atoms with Crippen molar-refractivity contribution in [2.24, 2.45) is 5.92 Å². The Labute approximate surface area is 133 Å². The molecule has 1 aromatic rings. The van der Waals surface area contributed by atoms with Crippen molar-refractivity contribution in [3.05, 3.63) is 42.5 Å². The zero-order valence-electron chi connectivity index (χ0n) is 13.2. The molecular formula is C17H25NO3S. The Hall–Kier alpha value is -1.17. The van der Waals surface area contributed by atoms with E-state index in [2.05, 4.69) is 13.5 Å². The molecule has 22 heavy (non-hydrogen) atoms. The van der Waals surface area contributed by atoms with Gasteiger partial charge in [-0.3, -0.25) is 0 Å². The molecule has 1 heterocycles. The molecular weight excluding hydrogens is 298 g/mol. The monoisotopic (exact) mass is 323 g/mol.